The van der Waals surface area contributed by atoms with Crippen LogP contribution in [0.4, 0.5) is 0 Å². The SMILES string of the molecule is CCOC(=O)C(NCC1CC1)c1ccc2c(c1)OCCO2. The lowest BCUT2D eigenvalue weighted by Gasteiger charge is -2.22. The van der Waals surface area contributed by atoms with Gasteiger partial charge in [0.15, 0.2) is 11.5 Å². The van der Waals surface area contributed by atoms with Gasteiger partial charge in [-0.2, -0.15) is 0 Å². The maximum Gasteiger partial charge on any atom is 0.327 e. The fourth-order valence-electron chi connectivity index (χ4n) is 2.41. The van der Waals surface area contributed by atoms with E-state index in [9.17, 15) is 4.79 Å². The van der Waals surface area contributed by atoms with Crippen LogP contribution in [0.1, 0.15) is 31.4 Å². The molecule has 1 fully saturated rings. The van der Waals surface area contributed by atoms with Gasteiger partial charge in [-0.15, -0.1) is 0 Å². The molecule has 0 spiro atoms. The Kier molecular flexibility index (Phi) is 4.29. The van der Waals surface area contributed by atoms with Gasteiger partial charge in [-0.1, -0.05) is 6.07 Å². The van der Waals surface area contributed by atoms with E-state index in [1.54, 1.807) is 0 Å². The van der Waals surface area contributed by atoms with E-state index in [2.05, 4.69) is 5.32 Å². The van der Waals surface area contributed by atoms with Crippen LogP contribution >= 0.6 is 0 Å². The van der Waals surface area contributed by atoms with Crippen LogP contribution in [0.2, 0.25) is 0 Å². The molecule has 1 aliphatic carbocycles. The minimum Gasteiger partial charge on any atom is -0.486 e. The van der Waals surface area contributed by atoms with Crippen molar-refractivity contribution in [3.63, 3.8) is 0 Å². The first-order chi connectivity index (χ1) is 10.3. The van der Waals surface area contributed by atoms with E-state index in [1.165, 1.54) is 12.8 Å². The highest BCUT2D eigenvalue weighted by Crippen LogP contribution is 2.34. The maximum atomic E-state index is 12.2. The zero-order valence-electron chi connectivity index (χ0n) is 12.3. The summed E-state index contributed by atoms with van der Waals surface area (Å²) >= 11 is 0. The van der Waals surface area contributed by atoms with Crippen molar-refractivity contribution < 1.29 is 19.0 Å². The lowest BCUT2D eigenvalue weighted by atomic mass is 10.1. The highest BCUT2D eigenvalue weighted by Gasteiger charge is 2.27. The first-order valence-corrected chi connectivity index (χ1v) is 7.57. The summed E-state index contributed by atoms with van der Waals surface area (Å²) in [6.07, 6.45) is 2.48. The van der Waals surface area contributed by atoms with Crippen LogP contribution in [-0.4, -0.2) is 32.3 Å². The fourth-order valence-corrected chi connectivity index (χ4v) is 2.41. The standard InChI is InChI=1S/C16H21NO4/c1-2-19-16(18)15(17-10-11-3-4-11)12-5-6-13-14(9-12)21-8-7-20-13/h5-6,9,11,15,17H,2-4,7-8,10H2,1H3. The highest BCUT2D eigenvalue weighted by molar-refractivity contribution is 5.78. The zero-order valence-corrected chi connectivity index (χ0v) is 12.3. The Labute approximate surface area is 124 Å². The molecule has 114 valence electrons. The number of rotatable bonds is 6. The summed E-state index contributed by atoms with van der Waals surface area (Å²) in [6, 6.07) is 5.18. The van der Waals surface area contributed by atoms with Crippen molar-refractivity contribution in [2.45, 2.75) is 25.8 Å². The smallest absolute Gasteiger partial charge is 0.327 e. The molecular weight excluding hydrogens is 270 g/mol. The molecule has 5 nitrogen and oxygen atoms in total. The van der Waals surface area contributed by atoms with E-state index in [1.807, 2.05) is 25.1 Å². The van der Waals surface area contributed by atoms with Crippen LogP contribution in [0, 0.1) is 5.92 Å². The molecular formula is C16H21NO4. The predicted octanol–water partition coefficient (Wildman–Crippen LogP) is 2.06. The average molecular weight is 291 g/mol. The summed E-state index contributed by atoms with van der Waals surface area (Å²) < 4.78 is 16.3. The second-order valence-electron chi connectivity index (χ2n) is 5.44. The number of benzene rings is 1. The molecule has 0 amide bonds. The molecule has 21 heavy (non-hydrogen) atoms. The Bertz CT molecular complexity index is 513. The Morgan fingerprint density at radius 1 is 1.33 bits per heavy atom. The van der Waals surface area contributed by atoms with Crippen molar-refractivity contribution in [1.82, 2.24) is 5.32 Å². The van der Waals surface area contributed by atoms with Crippen molar-refractivity contribution in [2.75, 3.05) is 26.4 Å². The number of carbonyl (C=O) groups is 1. The van der Waals surface area contributed by atoms with Gasteiger partial charge in [0.05, 0.1) is 6.61 Å². The number of ether oxygens (including phenoxy) is 3. The topological polar surface area (TPSA) is 56.8 Å². The molecule has 0 aromatic heterocycles. The van der Waals surface area contributed by atoms with Crippen molar-refractivity contribution in [2.24, 2.45) is 5.92 Å². The van der Waals surface area contributed by atoms with E-state index < -0.39 is 6.04 Å². The Balaban J connectivity index is 1.78. The molecule has 1 saturated carbocycles. The highest BCUT2D eigenvalue weighted by atomic mass is 16.6. The van der Waals surface area contributed by atoms with E-state index in [0.29, 0.717) is 31.5 Å². The molecule has 1 atom stereocenters. The molecule has 1 aliphatic heterocycles. The molecule has 1 aromatic rings. The average Bonchev–Trinajstić information content (AvgIpc) is 3.32. The van der Waals surface area contributed by atoms with Crippen LogP contribution < -0.4 is 14.8 Å². The van der Waals surface area contributed by atoms with Crippen LogP contribution in [0.5, 0.6) is 11.5 Å². The summed E-state index contributed by atoms with van der Waals surface area (Å²) in [5, 5.41) is 3.32. The zero-order chi connectivity index (χ0) is 14.7. The molecule has 5 heteroatoms. The minimum atomic E-state index is -0.443. The molecule has 0 radical (unpaired) electrons. The van der Waals surface area contributed by atoms with Gasteiger partial charge in [-0.3, -0.25) is 0 Å². The van der Waals surface area contributed by atoms with Crippen molar-refractivity contribution in [3.05, 3.63) is 23.8 Å². The molecule has 3 rings (SSSR count). The monoisotopic (exact) mass is 291 g/mol. The number of nitrogens with one attached hydrogen (secondary N) is 1. The Hall–Kier alpha value is -1.75. The van der Waals surface area contributed by atoms with Crippen LogP contribution in [0.3, 0.4) is 0 Å². The second-order valence-corrected chi connectivity index (χ2v) is 5.44. The minimum absolute atomic E-state index is 0.241. The third-order valence-corrected chi connectivity index (χ3v) is 3.73. The van der Waals surface area contributed by atoms with Crippen molar-refractivity contribution in [3.8, 4) is 11.5 Å². The van der Waals surface area contributed by atoms with E-state index in [4.69, 9.17) is 14.2 Å². The fraction of sp³-hybridized carbons (Fsp3) is 0.562. The molecule has 2 aliphatic rings. The summed E-state index contributed by atoms with van der Waals surface area (Å²) in [4.78, 5) is 12.2. The quantitative estimate of drug-likeness (QED) is 0.813. The molecule has 0 bridgehead atoms. The summed E-state index contributed by atoms with van der Waals surface area (Å²) in [5.41, 5.74) is 0.860. The van der Waals surface area contributed by atoms with Gasteiger partial charge < -0.3 is 19.5 Å². The first kappa shape index (κ1) is 14.2. The Morgan fingerprint density at radius 2 is 2.10 bits per heavy atom. The van der Waals surface area contributed by atoms with E-state index in [-0.39, 0.29) is 5.97 Å². The van der Waals surface area contributed by atoms with Gasteiger partial charge in [-0.25, -0.2) is 4.79 Å². The lowest BCUT2D eigenvalue weighted by Crippen LogP contribution is -2.32. The van der Waals surface area contributed by atoms with Crippen LogP contribution in [0.15, 0.2) is 18.2 Å². The van der Waals surface area contributed by atoms with Gasteiger partial charge in [0.25, 0.3) is 0 Å². The molecule has 0 saturated heterocycles. The summed E-state index contributed by atoms with van der Waals surface area (Å²) in [6.45, 7) is 4.15. The van der Waals surface area contributed by atoms with Gasteiger partial charge >= 0.3 is 5.97 Å². The van der Waals surface area contributed by atoms with Crippen molar-refractivity contribution >= 4 is 5.97 Å². The maximum absolute atomic E-state index is 12.2. The third kappa shape index (κ3) is 3.47. The van der Waals surface area contributed by atoms with Crippen LogP contribution in [0.25, 0.3) is 0 Å². The molecule has 1 N–H and O–H groups in total. The van der Waals surface area contributed by atoms with Gasteiger partial charge in [-0.05, 0) is 49.9 Å². The number of hydrogen-bond donors (Lipinski definition) is 1. The molecule has 1 heterocycles. The second kappa shape index (κ2) is 6.35. The summed E-state index contributed by atoms with van der Waals surface area (Å²) in [7, 11) is 0. The van der Waals surface area contributed by atoms with Gasteiger partial charge in [0, 0.05) is 0 Å². The number of hydrogen-bond acceptors (Lipinski definition) is 5. The van der Waals surface area contributed by atoms with E-state index >= 15 is 0 Å². The predicted molar refractivity (Wildman–Crippen MR) is 77.5 cm³/mol. The van der Waals surface area contributed by atoms with Gasteiger partial charge in [0.2, 0.25) is 0 Å². The third-order valence-electron chi connectivity index (χ3n) is 3.73. The number of carbonyl (C=O) groups excluding carboxylic acids is 1. The normalized spacial score (nSPS) is 18.1. The lowest BCUT2D eigenvalue weighted by molar-refractivity contribution is -0.145. The summed E-state index contributed by atoms with van der Waals surface area (Å²) in [5.74, 6) is 1.88. The first-order valence-electron chi connectivity index (χ1n) is 7.57. The van der Waals surface area contributed by atoms with Crippen LogP contribution in [-0.2, 0) is 9.53 Å². The van der Waals surface area contributed by atoms with Gasteiger partial charge in [0.1, 0.15) is 19.3 Å². The van der Waals surface area contributed by atoms with Crippen molar-refractivity contribution in [1.29, 1.82) is 0 Å². The number of esters is 1. The Morgan fingerprint density at radius 3 is 2.81 bits per heavy atom. The number of fused-ring (bicyclic) bond motifs is 1. The largest absolute Gasteiger partial charge is 0.486 e. The van der Waals surface area contributed by atoms with E-state index in [0.717, 1.165) is 17.9 Å². The molecule has 1 aromatic carbocycles. The molecule has 1 unspecified atom stereocenters.